The van der Waals surface area contributed by atoms with Gasteiger partial charge in [0.05, 0.1) is 6.04 Å². The van der Waals surface area contributed by atoms with Crippen molar-refractivity contribution in [3.05, 3.63) is 16.1 Å². The van der Waals surface area contributed by atoms with E-state index in [0.29, 0.717) is 12.1 Å². The van der Waals surface area contributed by atoms with Gasteiger partial charge in [0.2, 0.25) is 0 Å². The van der Waals surface area contributed by atoms with Gasteiger partial charge in [0, 0.05) is 17.1 Å². The molecule has 1 heterocycles. The van der Waals surface area contributed by atoms with Crippen molar-refractivity contribution < 1.29 is 0 Å². The van der Waals surface area contributed by atoms with Gasteiger partial charge in [0.25, 0.3) is 0 Å². The third-order valence-electron chi connectivity index (χ3n) is 2.37. The van der Waals surface area contributed by atoms with Crippen molar-refractivity contribution in [3.8, 4) is 0 Å². The van der Waals surface area contributed by atoms with Crippen LogP contribution in [0.15, 0.2) is 6.20 Å². The summed E-state index contributed by atoms with van der Waals surface area (Å²) in [5, 5.41) is 4.79. The summed E-state index contributed by atoms with van der Waals surface area (Å²) >= 11 is 1.78. The maximum absolute atomic E-state index is 4.40. The lowest BCUT2D eigenvalue weighted by molar-refractivity contribution is 0.406. The van der Waals surface area contributed by atoms with Crippen molar-refractivity contribution in [3.63, 3.8) is 0 Å². The fourth-order valence-electron chi connectivity index (χ4n) is 1.85. The van der Waals surface area contributed by atoms with E-state index in [-0.39, 0.29) is 0 Å². The number of aromatic nitrogens is 1. The molecule has 0 aliphatic carbocycles. The molecule has 0 aliphatic rings. The minimum Gasteiger partial charge on any atom is -0.306 e. The van der Waals surface area contributed by atoms with Gasteiger partial charge in [-0.2, -0.15) is 0 Å². The van der Waals surface area contributed by atoms with Gasteiger partial charge in [-0.1, -0.05) is 13.8 Å². The monoisotopic (exact) mass is 226 g/mol. The van der Waals surface area contributed by atoms with Gasteiger partial charge in [0.1, 0.15) is 5.01 Å². The summed E-state index contributed by atoms with van der Waals surface area (Å²) < 4.78 is 0. The van der Waals surface area contributed by atoms with E-state index in [9.17, 15) is 0 Å². The van der Waals surface area contributed by atoms with Gasteiger partial charge < -0.3 is 5.32 Å². The second kappa shape index (κ2) is 5.61. The number of nitrogens with zero attached hydrogens (tertiary/aromatic N) is 1. The van der Waals surface area contributed by atoms with Crippen LogP contribution in [-0.2, 0) is 0 Å². The molecule has 0 spiro atoms. The number of hydrogen-bond acceptors (Lipinski definition) is 3. The molecule has 0 saturated carbocycles. The van der Waals surface area contributed by atoms with Gasteiger partial charge in [-0.15, -0.1) is 11.3 Å². The Morgan fingerprint density at radius 3 is 2.47 bits per heavy atom. The van der Waals surface area contributed by atoms with Crippen molar-refractivity contribution in [2.75, 3.05) is 0 Å². The van der Waals surface area contributed by atoms with Crippen LogP contribution in [-0.4, -0.2) is 11.0 Å². The summed E-state index contributed by atoms with van der Waals surface area (Å²) in [4.78, 5) is 5.69. The second-order valence-corrected chi connectivity index (χ2v) is 5.99. The Morgan fingerprint density at radius 1 is 1.33 bits per heavy atom. The fraction of sp³-hybridized carbons (Fsp3) is 0.750. The van der Waals surface area contributed by atoms with Gasteiger partial charge in [-0.05, 0) is 33.1 Å². The van der Waals surface area contributed by atoms with E-state index in [1.807, 2.05) is 6.20 Å². The van der Waals surface area contributed by atoms with Crippen LogP contribution in [0, 0.1) is 12.8 Å². The highest BCUT2D eigenvalue weighted by molar-refractivity contribution is 7.11. The Labute approximate surface area is 97.1 Å². The minimum absolute atomic E-state index is 0.373. The number of rotatable bonds is 5. The van der Waals surface area contributed by atoms with E-state index < -0.39 is 0 Å². The van der Waals surface area contributed by atoms with E-state index >= 15 is 0 Å². The topological polar surface area (TPSA) is 24.9 Å². The molecule has 15 heavy (non-hydrogen) atoms. The Morgan fingerprint density at radius 2 is 2.00 bits per heavy atom. The minimum atomic E-state index is 0.373. The van der Waals surface area contributed by atoms with Crippen LogP contribution in [0.2, 0.25) is 0 Å². The highest BCUT2D eigenvalue weighted by Crippen LogP contribution is 2.20. The average molecular weight is 226 g/mol. The first kappa shape index (κ1) is 12.7. The lowest BCUT2D eigenvalue weighted by atomic mass is 10.0. The zero-order valence-corrected chi connectivity index (χ0v) is 11.2. The van der Waals surface area contributed by atoms with E-state index in [2.05, 4.69) is 44.9 Å². The Kier molecular flexibility index (Phi) is 4.74. The van der Waals surface area contributed by atoms with Crippen LogP contribution < -0.4 is 5.32 Å². The number of nitrogens with one attached hydrogen (secondary N) is 1. The molecule has 86 valence electrons. The SMILES string of the molecule is Cc1cnc(C(C)NC(C)CC(C)C)s1. The van der Waals surface area contributed by atoms with Crippen LogP contribution in [0.5, 0.6) is 0 Å². The third kappa shape index (κ3) is 4.31. The molecule has 0 aliphatic heterocycles. The first-order valence-electron chi connectivity index (χ1n) is 5.67. The molecular weight excluding hydrogens is 204 g/mol. The Hall–Kier alpha value is -0.410. The predicted molar refractivity (Wildman–Crippen MR) is 67.3 cm³/mol. The van der Waals surface area contributed by atoms with Gasteiger partial charge in [0.15, 0.2) is 0 Å². The summed E-state index contributed by atoms with van der Waals surface area (Å²) in [5.74, 6) is 0.748. The fourth-order valence-corrected chi connectivity index (χ4v) is 2.63. The molecule has 1 aromatic heterocycles. The molecule has 0 radical (unpaired) electrons. The molecule has 1 rings (SSSR count). The van der Waals surface area contributed by atoms with Gasteiger partial charge in [-0.3, -0.25) is 0 Å². The molecule has 0 saturated heterocycles. The summed E-state index contributed by atoms with van der Waals surface area (Å²) in [7, 11) is 0. The smallest absolute Gasteiger partial charge is 0.109 e. The molecule has 1 N–H and O–H groups in total. The summed E-state index contributed by atoms with van der Waals surface area (Å²) in [6.07, 6.45) is 3.17. The van der Waals surface area contributed by atoms with Crippen molar-refractivity contribution in [1.82, 2.24) is 10.3 Å². The normalized spacial score (nSPS) is 15.6. The second-order valence-electron chi connectivity index (χ2n) is 4.73. The molecule has 1 aromatic rings. The molecule has 2 nitrogen and oxygen atoms in total. The van der Waals surface area contributed by atoms with Gasteiger partial charge >= 0.3 is 0 Å². The van der Waals surface area contributed by atoms with Crippen LogP contribution >= 0.6 is 11.3 Å². The molecule has 2 unspecified atom stereocenters. The lowest BCUT2D eigenvalue weighted by Gasteiger charge is -2.19. The van der Waals surface area contributed by atoms with E-state index in [4.69, 9.17) is 0 Å². The number of hydrogen-bond donors (Lipinski definition) is 1. The summed E-state index contributed by atoms with van der Waals surface area (Å²) in [6.45, 7) is 11.1. The van der Waals surface area contributed by atoms with Crippen LogP contribution in [0.1, 0.15) is 50.0 Å². The Balaban J connectivity index is 2.45. The predicted octanol–water partition coefficient (Wildman–Crippen LogP) is 3.54. The first-order chi connectivity index (χ1) is 6.99. The average Bonchev–Trinajstić information content (AvgIpc) is 2.49. The molecular formula is C12H22N2S. The Bertz CT molecular complexity index is 294. The quantitative estimate of drug-likeness (QED) is 0.830. The van der Waals surface area contributed by atoms with Crippen molar-refractivity contribution >= 4 is 11.3 Å². The molecule has 0 amide bonds. The zero-order valence-electron chi connectivity index (χ0n) is 10.4. The maximum Gasteiger partial charge on any atom is 0.109 e. The van der Waals surface area contributed by atoms with Crippen molar-refractivity contribution in [2.45, 2.75) is 53.1 Å². The van der Waals surface area contributed by atoms with E-state index in [1.54, 1.807) is 11.3 Å². The lowest BCUT2D eigenvalue weighted by Crippen LogP contribution is -2.29. The van der Waals surface area contributed by atoms with Crippen molar-refractivity contribution in [1.29, 1.82) is 0 Å². The van der Waals surface area contributed by atoms with Gasteiger partial charge in [-0.25, -0.2) is 4.98 Å². The molecule has 0 fully saturated rings. The zero-order chi connectivity index (χ0) is 11.4. The molecule has 0 bridgehead atoms. The van der Waals surface area contributed by atoms with E-state index in [1.165, 1.54) is 16.3 Å². The molecule has 2 atom stereocenters. The summed E-state index contributed by atoms with van der Waals surface area (Å²) in [5.41, 5.74) is 0. The highest BCUT2D eigenvalue weighted by Gasteiger charge is 2.12. The first-order valence-corrected chi connectivity index (χ1v) is 6.49. The third-order valence-corrected chi connectivity index (χ3v) is 3.46. The summed E-state index contributed by atoms with van der Waals surface area (Å²) in [6, 6.07) is 0.932. The van der Waals surface area contributed by atoms with E-state index in [0.717, 1.165) is 5.92 Å². The maximum atomic E-state index is 4.40. The molecule has 0 aromatic carbocycles. The largest absolute Gasteiger partial charge is 0.306 e. The standard InChI is InChI=1S/C12H22N2S/c1-8(2)6-9(3)14-11(5)12-13-7-10(4)15-12/h7-9,11,14H,6H2,1-5H3. The number of aryl methyl sites for hydroxylation is 1. The van der Waals surface area contributed by atoms with Crippen LogP contribution in [0.3, 0.4) is 0 Å². The number of thiazole rings is 1. The van der Waals surface area contributed by atoms with Crippen LogP contribution in [0.4, 0.5) is 0 Å². The van der Waals surface area contributed by atoms with Crippen molar-refractivity contribution in [2.24, 2.45) is 5.92 Å². The molecule has 3 heteroatoms. The highest BCUT2D eigenvalue weighted by atomic mass is 32.1. The van der Waals surface area contributed by atoms with Crippen LogP contribution in [0.25, 0.3) is 0 Å².